The average Bonchev–Trinajstić information content (AvgIpc) is 2.45. The van der Waals surface area contributed by atoms with Crippen molar-refractivity contribution >= 4 is 62.2 Å². The molecule has 0 unspecified atom stereocenters. The number of anilines is 2. The zero-order chi connectivity index (χ0) is 18.1. The number of sulfonamides is 1. The van der Waals surface area contributed by atoms with Crippen LogP contribution in [0.3, 0.4) is 0 Å². The Balaban J connectivity index is 2.29. The Morgan fingerprint density at radius 2 is 1.62 bits per heavy atom. The van der Waals surface area contributed by atoms with Gasteiger partial charge in [-0.05, 0) is 24.3 Å². The summed E-state index contributed by atoms with van der Waals surface area (Å²) in [6, 6.07) is 6.20. The predicted molar refractivity (Wildman–Crippen MR) is 93.6 cm³/mol. The fourth-order valence-corrected chi connectivity index (χ4v) is 3.34. The van der Waals surface area contributed by atoms with Gasteiger partial charge in [0.2, 0.25) is 10.0 Å². The topological polar surface area (TPSA) is 122 Å². The van der Waals surface area contributed by atoms with E-state index in [2.05, 4.69) is 10.6 Å². The summed E-state index contributed by atoms with van der Waals surface area (Å²) in [4.78, 5) is 11.3. The monoisotopic (exact) mass is 409 g/mol. The van der Waals surface area contributed by atoms with E-state index in [1.54, 1.807) is 6.07 Å². The van der Waals surface area contributed by atoms with Gasteiger partial charge in [0, 0.05) is 0 Å². The third-order valence-electron chi connectivity index (χ3n) is 2.82. The van der Waals surface area contributed by atoms with E-state index in [0.29, 0.717) is 0 Å². The zero-order valence-electron chi connectivity index (χ0n) is 11.7. The normalized spacial score (nSPS) is 11.2. The highest BCUT2D eigenvalue weighted by Crippen LogP contribution is 2.36. The molecule has 2 aromatic carbocycles. The first-order chi connectivity index (χ1) is 11.1. The first-order valence-corrected chi connectivity index (χ1v) is 8.85. The Hall–Kier alpha value is -1.71. The second-order valence-corrected chi connectivity index (χ2v) is 7.19. The average molecular weight is 411 g/mol. The second-order valence-electron chi connectivity index (χ2n) is 4.50. The van der Waals surface area contributed by atoms with E-state index in [1.165, 1.54) is 24.3 Å². The van der Waals surface area contributed by atoms with Crippen LogP contribution in [0.5, 0.6) is 5.75 Å². The predicted octanol–water partition coefficient (Wildman–Crippen LogP) is 3.64. The number of hydrogen-bond donors (Lipinski definition) is 4. The van der Waals surface area contributed by atoms with E-state index in [0.717, 1.165) is 0 Å². The van der Waals surface area contributed by atoms with E-state index < -0.39 is 26.7 Å². The standard InChI is InChI=1S/C13H10Cl3N3O4S/c14-6-2-1-3-8(10(6)16)18-13(21)19-9-5-4-7(15)12(11(9)20)24(17,22)23/h1-5,20H,(H2,17,22,23)(H2,18,19,21). The summed E-state index contributed by atoms with van der Waals surface area (Å²) in [5, 5.41) is 19.7. The van der Waals surface area contributed by atoms with Gasteiger partial charge in [0.05, 0.1) is 26.4 Å². The van der Waals surface area contributed by atoms with E-state index in [9.17, 15) is 18.3 Å². The molecule has 0 aliphatic carbocycles. The van der Waals surface area contributed by atoms with Crippen molar-refractivity contribution in [2.24, 2.45) is 5.14 Å². The van der Waals surface area contributed by atoms with Crippen molar-refractivity contribution in [1.29, 1.82) is 0 Å². The summed E-state index contributed by atoms with van der Waals surface area (Å²) in [5.41, 5.74) is 0.0147. The minimum atomic E-state index is -4.29. The summed E-state index contributed by atoms with van der Waals surface area (Å²) in [6.45, 7) is 0. The lowest BCUT2D eigenvalue weighted by Crippen LogP contribution is -2.20. The van der Waals surface area contributed by atoms with Gasteiger partial charge in [0.15, 0.2) is 5.75 Å². The van der Waals surface area contributed by atoms with Gasteiger partial charge >= 0.3 is 6.03 Å². The number of carbonyl (C=O) groups excluding carboxylic acids is 1. The molecule has 0 heterocycles. The lowest BCUT2D eigenvalue weighted by molar-refractivity contribution is 0.262. The molecule has 0 radical (unpaired) electrons. The molecule has 0 spiro atoms. The van der Waals surface area contributed by atoms with Crippen LogP contribution in [0.15, 0.2) is 35.2 Å². The largest absolute Gasteiger partial charge is 0.504 e. The number of aromatic hydroxyl groups is 1. The second kappa shape index (κ2) is 7.04. The number of primary sulfonamides is 1. The van der Waals surface area contributed by atoms with Crippen LogP contribution >= 0.6 is 34.8 Å². The number of halogens is 3. The molecule has 0 atom stereocenters. The fraction of sp³-hybridized carbons (Fsp3) is 0. The van der Waals surface area contributed by atoms with Gasteiger partial charge in [0.25, 0.3) is 0 Å². The molecule has 24 heavy (non-hydrogen) atoms. The number of carbonyl (C=O) groups is 1. The minimum Gasteiger partial charge on any atom is -0.504 e. The Kier molecular flexibility index (Phi) is 5.46. The maximum atomic E-state index is 12.0. The van der Waals surface area contributed by atoms with Crippen LogP contribution in [0, 0.1) is 0 Å². The van der Waals surface area contributed by atoms with Gasteiger partial charge in [0.1, 0.15) is 4.90 Å². The lowest BCUT2D eigenvalue weighted by atomic mass is 10.3. The molecule has 0 saturated heterocycles. The van der Waals surface area contributed by atoms with Crippen LogP contribution < -0.4 is 15.8 Å². The van der Waals surface area contributed by atoms with Crippen molar-refractivity contribution in [3.8, 4) is 5.75 Å². The van der Waals surface area contributed by atoms with Crippen LogP contribution in [0.25, 0.3) is 0 Å². The molecule has 2 aromatic rings. The molecule has 0 aromatic heterocycles. The van der Waals surface area contributed by atoms with Gasteiger partial charge < -0.3 is 15.7 Å². The van der Waals surface area contributed by atoms with E-state index >= 15 is 0 Å². The molecule has 11 heteroatoms. The van der Waals surface area contributed by atoms with Crippen molar-refractivity contribution in [3.05, 3.63) is 45.4 Å². The van der Waals surface area contributed by atoms with Crippen molar-refractivity contribution in [2.45, 2.75) is 4.90 Å². The minimum absolute atomic E-state index is 0.125. The number of benzene rings is 2. The number of urea groups is 1. The highest BCUT2D eigenvalue weighted by Gasteiger charge is 2.22. The number of phenols is 1. The molecule has 7 nitrogen and oxygen atoms in total. The van der Waals surface area contributed by atoms with Gasteiger partial charge in [-0.25, -0.2) is 18.4 Å². The quantitative estimate of drug-likeness (QED) is 0.577. The smallest absolute Gasteiger partial charge is 0.323 e. The fourth-order valence-electron chi connectivity index (χ4n) is 1.79. The van der Waals surface area contributed by atoms with Gasteiger partial charge in [-0.15, -0.1) is 0 Å². The van der Waals surface area contributed by atoms with Crippen LogP contribution in [-0.4, -0.2) is 19.6 Å². The molecule has 128 valence electrons. The van der Waals surface area contributed by atoms with Gasteiger partial charge in [-0.2, -0.15) is 0 Å². The molecular formula is C13H10Cl3N3O4S. The van der Waals surface area contributed by atoms with Gasteiger partial charge in [-0.3, -0.25) is 0 Å². The summed E-state index contributed by atoms with van der Waals surface area (Å²) in [5.74, 6) is -0.780. The molecule has 0 aliphatic rings. The van der Waals surface area contributed by atoms with Crippen molar-refractivity contribution in [1.82, 2.24) is 0 Å². The molecular weight excluding hydrogens is 401 g/mol. The summed E-state index contributed by atoms with van der Waals surface area (Å²) < 4.78 is 22.9. The lowest BCUT2D eigenvalue weighted by Gasteiger charge is -2.13. The van der Waals surface area contributed by atoms with Crippen molar-refractivity contribution in [3.63, 3.8) is 0 Å². The molecule has 2 rings (SSSR count). The Labute approximate surface area is 152 Å². The molecule has 0 aliphatic heterocycles. The maximum absolute atomic E-state index is 12.0. The first-order valence-electron chi connectivity index (χ1n) is 6.17. The van der Waals surface area contributed by atoms with Crippen LogP contribution in [0.1, 0.15) is 0 Å². The zero-order valence-corrected chi connectivity index (χ0v) is 14.8. The Morgan fingerprint density at radius 1 is 1.00 bits per heavy atom. The van der Waals surface area contributed by atoms with Gasteiger partial charge in [-0.1, -0.05) is 40.9 Å². The number of hydrogen-bond acceptors (Lipinski definition) is 4. The molecule has 2 amide bonds. The SMILES string of the molecule is NS(=O)(=O)c1c(Cl)ccc(NC(=O)Nc2cccc(Cl)c2Cl)c1O. The van der Waals surface area contributed by atoms with Crippen LogP contribution in [-0.2, 0) is 10.0 Å². The third-order valence-corrected chi connectivity index (χ3v) is 5.04. The molecule has 0 fully saturated rings. The van der Waals surface area contributed by atoms with E-state index in [1.807, 2.05) is 0 Å². The highest BCUT2D eigenvalue weighted by atomic mass is 35.5. The molecule has 0 bridgehead atoms. The molecule has 5 N–H and O–H groups in total. The first kappa shape index (κ1) is 18.6. The number of nitrogens with one attached hydrogen (secondary N) is 2. The summed E-state index contributed by atoms with van der Waals surface area (Å²) >= 11 is 17.5. The number of phenolic OH excluding ortho intramolecular Hbond substituents is 1. The molecule has 0 saturated carbocycles. The Morgan fingerprint density at radius 3 is 2.25 bits per heavy atom. The van der Waals surface area contributed by atoms with E-state index in [4.69, 9.17) is 39.9 Å². The summed E-state index contributed by atoms with van der Waals surface area (Å²) in [7, 11) is -4.29. The van der Waals surface area contributed by atoms with Crippen LogP contribution in [0.4, 0.5) is 16.2 Å². The number of amides is 2. The maximum Gasteiger partial charge on any atom is 0.323 e. The van der Waals surface area contributed by atoms with Crippen LogP contribution in [0.2, 0.25) is 15.1 Å². The third kappa shape index (κ3) is 4.03. The number of rotatable bonds is 3. The van der Waals surface area contributed by atoms with E-state index in [-0.39, 0.29) is 26.4 Å². The number of nitrogens with two attached hydrogens (primary N) is 1. The van der Waals surface area contributed by atoms with Crippen molar-refractivity contribution < 1.29 is 18.3 Å². The summed E-state index contributed by atoms with van der Waals surface area (Å²) in [6.07, 6.45) is 0. The highest BCUT2D eigenvalue weighted by molar-refractivity contribution is 7.89. The van der Waals surface area contributed by atoms with Crippen molar-refractivity contribution in [2.75, 3.05) is 10.6 Å². The Bertz CT molecular complexity index is 919.